The highest BCUT2D eigenvalue weighted by Gasteiger charge is 2.06. The first kappa shape index (κ1) is 40.2. The Morgan fingerprint density at radius 2 is 0.634 bits per heavy atom. The first-order valence-electron chi connectivity index (χ1n) is 19.1. The number of carboxylic acids is 1. The third-order valence-corrected chi connectivity index (χ3v) is 9.02. The van der Waals surface area contributed by atoms with E-state index < -0.39 is 5.97 Å². The normalized spacial score (nSPS) is 11.9. The summed E-state index contributed by atoms with van der Waals surface area (Å²) >= 11 is 0. The molecule has 0 aromatic carbocycles. The molecule has 0 heterocycles. The van der Waals surface area contributed by atoms with Gasteiger partial charge in [-0.1, -0.05) is 213 Å². The fourth-order valence-electron chi connectivity index (χ4n) is 6.13. The lowest BCUT2D eigenvalue weighted by molar-refractivity contribution is -0.132. The van der Waals surface area contributed by atoms with Crippen molar-refractivity contribution in [3.05, 3.63) is 11.6 Å². The van der Waals surface area contributed by atoms with Gasteiger partial charge in [0.05, 0.1) is 0 Å². The molecule has 0 aliphatic rings. The fraction of sp³-hybridized carbons (Fsp3) is 0.923. The van der Waals surface area contributed by atoms with Gasteiger partial charge in [0.1, 0.15) is 0 Å². The minimum Gasteiger partial charge on any atom is -0.478 e. The SMILES string of the molecule is CCCCCCCCCCCCCCCCCCCC/C=C(/CCCCCCCCCCCCCCCC)C(=O)O. The van der Waals surface area contributed by atoms with Crippen LogP contribution in [0.4, 0.5) is 0 Å². The van der Waals surface area contributed by atoms with Gasteiger partial charge in [-0.05, 0) is 25.7 Å². The molecule has 0 saturated heterocycles. The van der Waals surface area contributed by atoms with Gasteiger partial charge < -0.3 is 5.11 Å². The van der Waals surface area contributed by atoms with Crippen LogP contribution in [0.3, 0.4) is 0 Å². The van der Waals surface area contributed by atoms with E-state index in [0.717, 1.165) is 25.7 Å². The van der Waals surface area contributed by atoms with Crippen molar-refractivity contribution < 1.29 is 9.90 Å². The summed E-state index contributed by atoms with van der Waals surface area (Å²) in [6, 6.07) is 0. The molecule has 0 unspecified atom stereocenters. The van der Waals surface area contributed by atoms with E-state index in [0.29, 0.717) is 5.57 Å². The largest absolute Gasteiger partial charge is 0.478 e. The van der Waals surface area contributed by atoms with Gasteiger partial charge in [-0.2, -0.15) is 0 Å². The molecule has 2 heteroatoms. The summed E-state index contributed by atoms with van der Waals surface area (Å²) in [5, 5.41) is 9.56. The average Bonchev–Trinajstić information content (AvgIpc) is 2.97. The lowest BCUT2D eigenvalue weighted by atomic mass is 10.0. The maximum atomic E-state index is 11.6. The molecule has 0 saturated carbocycles. The van der Waals surface area contributed by atoms with E-state index in [1.165, 1.54) is 193 Å². The Bertz CT molecular complexity index is 538. The molecule has 0 amide bonds. The van der Waals surface area contributed by atoms with Gasteiger partial charge in [0.25, 0.3) is 0 Å². The Balaban J connectivity index is 3.43. The maximum absolute atomic E-state index is 11.6. The number of allylic oxidation sites excluding steroid dienone is 1. The second-order valence-electron chi connectivity index (χ2n) is 13.2. The molecule has 0 aromatic rings. The van der Waals surface area contributed by atoms with Gasteiger partial charge in [0.15, 0.2) is 0 Å². The molecule has 0 rings (SSSR count). The lowest BCUT2D eigenvalue weighted by Crippen LogP contribution is -2.00. The zero-order chi connectivity index (χ0) is 29.9. The van der Waals surface area contributed by atoms with Crippen molar-refractivity contribution in [3.8, 4) is 0 Å². The summed E-state index contributed by atoms with van der Waals surface area (Å²) in [5.74, 6) is -0.692. The number of carboxylic acid groups (broad SMARTS) is 1. The Labute approximate surface area is 259 Å². The molecular formula is C39H76O2. The van der Waals surface area contributed by atoms with E-state index in [-0.39, 0.29) is 0 Å². The standard InChI is InChI=1S/C39H76O2/c1-3-5-7-9-11-13-15-17-19-20-21-22-23-25-27-29-31-33-35-37-38(39(40)41)36-34-32-30-28-26-24-18-16-14-12-10-8-6-4-2/h37H,3-36H2,1-2H3,(H,40,41)/b38-37-. The van der Waals surface area contributed by atoms with Crippen LogP contribution in [-0.4, -0.2) is 11.1 Å². The van der Waals surface area contributed by atoms with Crippen LogP contribution in [-0.2, 0) is 4.79 Å². The van der Waals surface area contributed by atoms with Crippen LogP contribution in [0.2, 0.25) is 0 Å². The van der Waals surface area contributed by atoms with Crippen molar-refractivity contribution in [2.75, 3.05) is 0 Å². The average molecular weight is 577 g/mol. The zero-order valence-electron chi connectivity index (χ0n) is 28.5. The highest BCUT2D eigenvalue weighted by Crippen LogP contribution is 2.17. The number of aliphatic carboxylic acids is 1. The van der Waals surface area contributed by atoms with Crippen molar-refractivity contribution in [1.29, 1.82) is 0 Å². The highest BCUT2D eigenvalue weighted by molar-refractivity contribution is 5.86. The number of hydrogen-bond acceptors (Lipinski definition) is 1. The Kier molecular flexibility index (Phi) is 34.7. The van der Waals surface area contributed by atoms with Crippen molar-refractivity contribution in [2.45, 2.75) is 232 Å². The number of hydrogen-bond donors (Lipinski definition) is 1. The van der Waals surface area contributed by atoms with E-state index >= 15 is 0 Å². The summed E-state index contributed by atoms with van der Waals surface area (Å²) in [5.41, 5.74) is 0.663. The molecule has 244 valence electrons. The van der Waals surface area contributed by atoms with E-state index in [2.05, 4.69) is 13.8 Å². The van der Waals surface area contributed by atoms with Crippen molar-refractivity contribution in [2.24, 2.45) is 0 Å². The minimum atomic E-state index is -0.692. The van der Waals surface area contributed by atoms with Crippen LogP contribution in [0, 0.1) is 0 Å². The molecule has 0 radical (unpaired) electrons. The van der Waals surface area contributed by atoms with Crippen molar-refractivity contribution in [3.63, 3.8) is 0 Å². The Hall–Kier alpha value is -0.790. The van der Waals surface area contributed by atoms with E-state index in [4.69, 9.17) is 0 Å². The number of rotatable bonds is 35. The smallest absolute Gasteiger partial charge is 0.331 e. The second-order valence-corrected chi connectivity index (χ2v) is 13.2. The summed E-state index contributed by atoms with van der Waals surface area (Å²) < 4.78 is 0. The van der Waals surface area contributed by atoms with Crippen LogP contribution in [0.15, 0.2) is 11.6 Å². The third kappa shape index (κ3) is 33.6. The van der Waals surface area contributed by atoms with Gasteiger partial charge in [0, 0.05) is 5.57 Å². The molecule has 0 bridgehead atoms. The molecule has 0 aliphatic carbocycles. The molecule has 0 atom stereocenters. The van der Waals surface area contributed by atoms with E-state index in [1.54, 1.807) is 0 Å². The van der Waals surface area contributed by atoms with Crippen LogP contribution >= 0.6 is 0 Å². The minimum absolute atomic E-state index is 0.663. The summed E-state index contributed by atoms with van der Waals surface area (Å²) in [6.45, 7) is 4.58. The molecule has 0 fully saturated rings. The molecule has 0 aliphatic heterocycles. The predicted octanol–water partition coefficient (Wildman–Crippen LogP) is 14.3. The number of carbonyl (C=O) groups is 1. The van der Waals surface area contributed by atoms with Gasteiger partial charge in [-0.15, -0.1) is 0 Å². The van der Waals surface area contributed by atoms with Gasteiger partial charge in [0.2, 0.25) is 0 Å². The molecular weight excluding hydrogens is 500 g/mol. The fourth-order valence-corrected chi connectivity index (χ4v) is 6.13. The maximum Gasteiger partial charge on any atom is 0.331 e. The molecule has 2 nitrogen and oxygen atoms in total. The summed E-state index contributed by atoms with van der Waals surface area (Å²) in [4.78, 5) is 11.6. The molecule has 1 N–H and O–H groups in total. The van der Waals surface area contributed by atoms with Crippen LogP contribution in [0.5, 0.6) is 0 Å². The predicted molar refractivity (Wildman–Crippen MR) is 184 cm³/mol. The lowest BCUT2D eigenvalue weighted by Gasteiger charge is -2.05. The number of unbranched alkanes of at least 4 members (excludes halogenated alkanes) is 31. The third-order valence-electron chi connectivity index (χ3n) is 9.02. The summed E-state index contributed by atoms with van der Waals surface area (Å²) in [6.07, 6.45) is 47.6. The van der Waals surface area contributed by atoms with Crippen molar-refractivity contribution >= 4 is 5.97 Å². The van der Waals surface area contributed by atoms with Crippen LogP contribution in [0.1, 0.15) is 232 Å². The van der Waals surface area contributed by atoms with E-state index in [9.17, 15) is 9.90 Å². The Morgan fingerprint density at radius 1 is 0.390 bits per heavy atom. The van der Waals surface area contributed by atoms with Gasteiger partial charge in [-0.25, -0.2) is 4.79 Å². The Morgan fingerprint density at radius 3 is 0.902 bits per heavy atom. The molecule has 41 heavy (non-hydrogen) atoms. The van der Waals surface area contributed by atoms with Crippen LogP contribution < -0.4 is 0 Å². The molecule has 0 aromatic heterocycles. The quantitative estimate of drug-likeness (QED) is 0.0601. The first-order chi connectivity index (χ1) is 20.2. The first-order valence-corrected chi connectivity index (χ1v) is 19.1. The van der Waals surface area contributed by atoms with Crippen molar-refractivity contribution in [1.82, 2.24) is 0 Å². The van der Waals surface area contributed by atoms with E-state index in [1.807, 2.05) is 6.08 Å². The monoisotopic (exact) mass is 577 g/mol. The topological polar surface area (TPSA) is 37.3 Å². The van der Waals surface area contributed by atoms with Gasteiger partial charge >= 0.3 is 5.97 Å². The molecule has 0 spiro atoms. The second kappa shape index (κ2) is 35.4. The zero-order valence-corrected chi connectivity index (χ0v) is 28.5. The van der Waals surface area contributed by atoms with Crippen LogP contribution in [0.25, 0.3) is 0 Å². The van der Waals surface area contributed by atoms with Gasteiger partial charge in [-0.3, -0.25) is 0 Å². The highest BCUT2D eigenvalue weighted by atomic mass is 16.4. The summed E-state index contributed by atoms with van der Waals surface area (Å²) in [7, 11) is 0.